The zero-order chi connectivity index (χ0) is 24.2. The zero-order valence-corrected chi connectivity index (χ0v) is 20.3. The highest BCUT2D eigenvalue weighted by atomic mass is 35.5. The number of fused-ring (bicyclic) bond motifs is 1. The van der Waals surface area contributed by atoms with Crippen LogP contribution < -0.4 is 14.4 Å². The monoisotopic (exact) mass is 496 g/mol. The van der Waals surface area contributed by atoms with E-state index in [1.807, 2.05) is 24.3 Å². The third-order valence-corrected chi connectivity index (χ3v) is 7.14. The fraction of sp³-hybridized carbons (Fsp3) is 0.423. The first kappa shape index (κ1) is 23.5. The summed E-state index contributed by atoms with van der Waals surface area (Å²) in [5, 5.41) is 11.7. The maximum atomic E-state index is 10.9. The third kappa shape index (κ3) is 5.88. The Bertz CT molecular complexity index is 1140. The van der Waals surface area contributed by atoms with Gasteiger partial charge in [0.2, 0.25) is 0 Å². The van der Waals surface area contributed by atoms with E-state index in [0.717, 1.165) is 36.2 Å². The molecule has 9 heteroatoms. The van der Waals surface area contributed by atoms with Crippen LogP contribution in [0.5, 0.6) is 11.8 Å². The Morgan fingerprint density at radius 2 is 1.80 bits per heavy atom. The number of halogens is 1. The van der Waals surface area contributed by atoms with E-state index in [-0.39, 0.29) is 17.9 Å². The van der Waals surface area contributed by atoms with Gasteiger partial charge in [-0.15, -0.1) is 0 Å². The van der Waals surface area contributed by atoms with E-state index in [1.165, 1.54) is 36.7 Å². The number of aryl methyl sites for hydroxylation is 2. The van der Waals surface area contributed by atoms with E-state index in [0.29, 0.717) is 19.6 Å². The molecule has 8 nitrogen and oxygen atoms in total. The molecule has 3 heterocycles. The summed E-state index contributed by atoms with van der Waals surface area (Å²) in [6.07, 6.45) is 6.68. The molecule has 0 bridgehead atoms. The second kappa shape index (κ2) is 10.6. The molecule has 2 aliphatic heterocycles. The van der Waals surface area contributed by atoms with Crippen LogP contribution in [0.15, 0.2) is 54.7 Å². The Hall–Kier alpha value is -3.26. The average molecular weight is 497 g/mol. The summed E-state index contributed by atoms with van der Waals surface area (Å²) in [7, 11) is 0. The van der Waals surface area contributed by atoms with Gasteiger partial charge in [-0.2, -0.15) is 0 Å². The van der Waals surface area contributed by atoms with Gasteiger partial charge in [-0.05, 0) is 78.5 Å². The first-order chi connectivity index (χ1) is 17.0. The maximum Gasteiger partial charge on any atom is 0.414 e. The summed E-state index contributed by atoms with van der Waals surface area (Å²) in [4.78, 5) is 16.8. The van der Waals surface area contributed by atoms with Crippen LogP contribution in [-0.4, -0.2) is 40.3 Å². The Kier molecular flexibility index (Phi) is 7.08. The Morgan fingerprint density at radius 1 is 1.06 bits per heavy atom. The highest BCUT2D eigenvalue weighted by molar-refractivity contribution is 6.30. The third-order valence-electron chi connectivity index (χ3n) is 6.89. The number of imidazole rings is 1. The average Bonchev–Trinajstić information content (AvgIpc) is 3.32. The highest BCUT2D eigenvalue weighted by Gasteiger charge is 2.28. The summed E-state index contributed by atoms with van der Waals surface area (Å²) in [5.74, 6) is 1.36. The van der Waals surface area contributed by atoms with Crippen LogP contribution in [0, 0.1) is 16.0 Å². The Morgan fingerprint density at radius 3 is 2.51 bits per heavy atom. The van der Waals surface area contributed by atoms with Gasteiger partial charge in [-0.25, -0.2) is 0 Å². The van der Waals surface area contributed by atoms with Crippen molar-refractivity contribution in [1.82, 2.24) is 9.55 Å². The minimum absolute atomic E-state index is 0.184. The number of hydrogen-bond donors (Lipinski definition) is 0. The van der Waals surface area contributed by atoms with Crippen LogP contribution in [0.1, 0.15) is 31.2 Å². The molecule has 1 fully saturated rings. The molecule has 1 unspecified atom stereocenters. The van der Waals surface area contributed by atoms with Gasteiger partial charge < -0.3 is 24.5 Å². The molecular formula is C26H29ClN4O4. The number of piperidine rings is 1. The van der Waals surface area contributed by atoms with E-state index < -0.39 is 4.92 Å². The molecule has 1 saturated heterocycles. The van der Waals surface area contributed by atoms with Gasteiger partial charge in [-0.3, -0.25) is 4.57 Å². The quantitative estimate of drug-likeness (QED) is 0.301. The zero-order valence-electron chi connectivity index (χ0n) is 19.5. The summed E-state index contributed by atoms with van der Waals surface area (Å²) >= 11 is 5.98. The lowest BCUT2D eigenvalue weighted by Gasteiger charge is -2.33. The molecular weight excluding hydrogens is 468 g/mol. The van der Waals surface area contributed by atoms with Crippen molar-refractivity contribution in [1.29, 1.82) is 0 Å². The van der Waals surface area contributed by atoms with Crippen LogP contribution in [-0.2, 0) is 13.0 Å². The van der Waals surface area contributed by atoms with Crippen molar-refractivity contribution >= 4 is 23.1 Å². The molecule has 1 atom stereocenters. The second-order valence-electron chi connectivity index (χ2n) is 9.26. The summed E-state index contributed by atoms with van der Waals surface area (Å²) in [6.45, 7) is 3.14. The van der Waals surface area contributed by atoms with Crippen LogP contribution in [0.3, 0.4) is 0 Å². The normalized spacial score (nSPS) is 18.1. The topological polar surface area (TPSA) is 82.7 Å². The predicted octanol–water partition coefficient (Wildman–Crippen LogP) is 5.52. The maximum absolute atomic E-state index is 10.9. The van der Waals surface area contributed by atoms with Gasteiger partial charge in [-0.1, -0.05) is 23.7 Å². The van der Waals surface area contributed by atoms with Gasteiger partial charge >= 0.3 is 11.8 Å². The molecule has 0 amide bonds. The first-order valence-corrected chi connectivity index (χ1v) is 12.5. The van der Waals surface area contributed by atoms with Crippen molar-refractivity contribution in [2.24, 2.45) is 5.92 Å². The largest absolute Gasteiger partial charge is 0.490 e. The molecule has 2 aliphatic rings. The number of ether oxygens (including phenoxy) is 2. The molecule has 0 saturated carbocycles. The second-order valence-corrected chi connectivity index (χ2v) is 9.70. The number of benzene rings is 2. The molecule has 0 spiro atoms. The number of rotatable bonds is 8. The molecule has 0 N–H and O–H groups in total. The van der Waals surface area contributed by atoms with Crippen molar-refractivity contribution < 1.29 is 14.4 Å². The molecule has 1 aromatic heterocycles. The highest BCUT2D eigenvalue weighted by Crippen LogP contribution is 2.29. The standard InChI is InChI=1S/C26H29ClN4O4/c27-21-5-3-19(4-6-21)1-2-20-11-14-29(15-12-20)22-7-9-23(10-8-22)34-18-24-13-16-30-17-25(31(32)33)28-26(30)35-24/h3-10,17,20,24H,1-2,11-16,18H2. The summed E-state index contributed by atoms with van der Waals surface area (Å²) in [5.41, 5.74) is 2.58. The predicted molar refractivity (Wildman–Crippen MR) is 135 cm³/mol. The number of nitro groups is 1. The van der Waals surface area contributed by atoms with Gasteiger partial charge in [0, 0.05) is 41.7 Å². The van der Waals surface area contributed by atoms with Gasteiger partial charge in [0.15, 0.2) is 0 Å². The molecule has 0 radical (unpaired) electrons. The van der Waals surface area contributed by atoms with E-state index in [4.69, 9.17) is 21.1 Å². The van der Waals surface area contributed by atoms with E-state index in [1.54, 1.807) is 4.57 Å². The fourth-order valence-corrected chi connectivity index (χ4v) is 4.91. The van der Waals surface area contributed by atoms with Crippen LogP contribution in [0.4, 0.5) is 11.5 Å². The van der Waals surface area contributed by atoms with E-state index in [9.17, 15) is 10.1 Å². The van der Waals surface area contributed by atoms with Crippen molar-refractivity contribution in [3.8, 4) is 11.8 Å². The lowest BCUT2D eigenvalue weighted by molar-refractivity contribution is -0.389. The molecule has 35 heavy (non-hydrogen) atoms. The van der Waals surface area contributed by atoms with Crippen molar-refractivity contribution in [3.63, 3.8) is 0 Å². The minimum atomic E-state index is -0.508. The number of hydrogen-bond acceptors (Lipinski definition) is 6. The number of nitrogens with zero attached hydrogens (tertiary/aromatic N) is 4. The van der Waals surface area contributed by atoms with E-state index >= 15 is 0 Å². The minimum Gasteiger partial charge on any atom is -0.490 e. The smallest absolute Gasteiger partial charge is 0.414 e. The number of anilines is 1. The molecule has 0 aliphatic carbocycles. The fourth-order valence-electron chi connectivity index (χ4n) is 4.78. The van der Waals surface area contributed by atoms with Crippen LogP contribution >= 0.6 is 11.6 Å². The number of aromatic nitrogens is 2. The Balaban J connectivity index is 1.06. The van der Waals surface area contributed by atoms with Crippen LogP contribution in [0.25, 0.3) is 0 Å². The van der Waals surface area contributed by atoms with Crippen molar-refractivity contribution in [2.75, 3.05) is 24.6 Å². The SMILES string of the molecule is O=[N+]([O-])c1cn2c(n1)OC(COc1ccc(N3CCC(CCc4ccc(Cl)cc4)CC3)cc1)CC2. The molecule has 5 rings (SSSR count). The molecule has 184 valence electrons. The summed E-state index contributed by atoms with van der Waals surface area (Å²) < 4.78 is 13.4. The van der Waals surface area contributed by atoms with Crippen molar-refractivity contribution in [2.45, 2.75) is 44.8 Å². The van der Waals surface area contributed by atoms with Crippen LogP contribution in [0.2, 0.25) is 5.02 Å². The lowest BCUT2D eigenvalue weighted by atomic mass is 9.90. The van der Waals surface area contributed by atoms with Gasteiger partial charge in [0.05, 0.1) is 0 Å². The van der Waals surface area contributed by atoms with E-state index in [2.05, 4.69) is 34.1 Å². The van der Waals surface area contributed by atoms with Crippen molar-refractivity contribution in [3.05, 3.63) is 75.4 Å². The molecule has 3 aromatic rings. The first-order valence-electron chi connectivity index (χ1n) is 12.1. The Labute approximate surface area is 209 Å². The molecule has 2 aromatic carbocycles. The van der Waals surface area contributed by atoms with Gasteiger partial charge in [0.25, 0.3) is 0 Å². The lowest BCUT2D eigenvalue weighted by Crippen LogP contribution is -2.33. The van der Waals surface area contributed by atoms with Gasteiger partial charge in [0.1, 0.15) is 24.7 Å². The summed E-state index contributed by atoms with van der Waals surface area (Å²) in [6, 6.07) is 16.7.